The number of nitrogens with two attached hydrogens (primary N) is 1. The molecule has 0 bridgehead atoms. The lowest BCUT2D eigenvalue weighted by molar-refractivity contribution is -0.119. The summed E-state index contributed by atoms with van der Waals surface area (Å²) in [7, 11) is 1.58. The predicted octanol–water partition coefficient (Wildman–Crippen LogP) is 0.561. The molecule has 1 aliphatic rings. The second-order valence-corrected chi connectivity index (χ2v) is 5.20. The van der Waals surface area contributed by atoms with Crippen LogP contribution in [0, 0.1) is 5.92 Å². The molecular weight excluding hydrogens is 258 g/mol. The highest BCUT2D eigenvalue weighted by molar-refractivity contribution is 5.92. The van der Waals surface area contributed by atoms with E-state index in [-0.39, 0.29) is 23.4 Å². The zero-order chi connectivity index (χ0) is 14.5. The first-order valence-electron chi connectivity index (χ1n) is 6.86. The summed E-state index contributed by atoms with van der Waals surface area (Å²) in [5.74, 6) is -0.0424. The number of nitrogens with one attached hydrogen (secondary N) is 1. The van der Waals surface area contributed by atoms with Gasteiger partial charge in [0.25, 0.3) is 5.56 Å². The van der Waals surface area contributed by atoms with E-state index in [2.05, 4.69) is 5.32 Å². The molecule has 6 heteroatoms. The Morgan fingerprint density at radius 2 is 2.30 bits per heavy atom. The number of nitrogens with zero attached hydrogens (tertiary/aromatic N) is 1. The SMILES string of the molecule is COCCn1cc(NC(=O)C2CCC(N)C2)ccc1=O. The summed E-state index contributed by atoms with van der Waals surface area (Å²) < 4.78 is 6.48. The molecule has 1 amide bonds. The van der Waals surface area contributed by atoms with Gasteiger partial charge < -0.3 is 20.4 Å². The van der Waals surface area contributed by atoms with Crippen molar-refractivity contribution >= 4 is 11.6 Å². The summed E-state index contributed by atoms with van der Waals surface area (Å²) in [5, 5.41) is 2.85. The monoisotopic (exact) mass is 279 g/mol. The number of carbonyl (C=O) groups excluding carboxylic acids is 1. The predicted molar refractivity (Wildman–Crippen MR) is 76.5 cm³/mol. The first kappa shape index (κ1) is 14.7. The van der Waals surface area contributed by atoms with Gasteiger partial charge in [-0.15, -0.1) is 0 Å². The van der Waals surface area contributed by atoms with Crippen LogP contribution in [0.5, 0.6) is 0 Å². The number of ether oxygens (including phenoxy) is 1. The third kappa shape index (κ3) is 3.68. The number of rotatable bonds is 5. The molecule has 1 heterocycles. The summed E-state index contributed by atoms with van der Waals surface area (Å²) in [6, 6.07) is 3.20. The van der Waals surface area contributed by atoms with Crippen molar-refractivity contribution in [2.45, 2.75) is 31.8 Å². The Hall–Kier alpha value is -1.66. The van der Waals surface area contributed by atoms with Gasteiger partial charge in [0, 0.05) is 37.9 Å². The standard InChI is InChI=1S/C14H21N3O3/c1-20-7-6-17-9-12(4-5-13(17)18)16-14(19)10-2-3-11(15)8-10/h4-5,9-11H,2-3,6-8,15H2,1H3,(H,16,19). The van der Waals surface area contributed by atoms with Gasteiger partial charge in [-0.2, -0.15) is 0 Å². The largest absolute Gasteiger partial charge is 0.383 e. The molecule has 1 aromatic rings. The number of anilines is 1. The van der Waals surface area contributed by atoms with Gasteiger partial charge in [-0.05, 0) is 25.3 Å². The summed E-state index contributed by atoms with van der Waals surface area (Å²) in [6.45, 7) is 0.919. The highest BCUT2D eigenvalue weighted by atomic mass is 16.5. The molecule has 0 aliphatic heterocycles. The topological polar surface area (TPSA) is 86.3 Å². The zero-order valence-electron chi connectivity index (χ0n) is 11.7. The van der Waals surface area contributed by atoms with E-state index in [0.717, 1.165) is 19.3 Å². The van der Waals surface area contributed by atoms with E-state index in [4.69, 9.17) is 10.5 Å². The van der Waals surface area contributed by atoms with Crippen molar-refractivity contribution in [1.82, 2.24) is 4.57 Å². The Morgan fingerprint density at radius 1 is 1.50 bits per heavy atom. The van der Waals surface area contributed by atoms with E-state index < -0.39 is 0 Å². The van der Waals surface area contributed by atoms with Crippen LogP contribution in [0.4, 0.5) is 5.69 Å². The number of hydrogen-bond acceptors (Lipinski definition) is 4. The first-order valence-corrected chi connectivity index (χ1v) is 6.86. The molecule has 2 unspecified atom stereocenters. The molecule has 0 saturated heterocycles. The molecule has 6 nitrogen and oxygen atoms in total. The number of hydrogen-bond donors (Lipinski definition) is 2. The van der Waals surface area contributed by atoms with Crippen molar-refractivity contribution in [2.24, 2.45) is 11.7 Å². The van der Waals surface area contributed by atoms with Crippen LogP contribution in [0.2, 0.25) is 0 Å². The van der Waals surface area contributed by atoms with Gasteiger partial charge in [-0.1, -0.05) is 0 Å². The molecule has 3 N–H and O–H groups in total. The molecule has 2 rings (SSSR count). The second-order valence-electron chi connectivity index (χ2n) is 5.20. The summed E-state index contributed by atoms with van der Waals surface area (Å²) >= 11 is 0. The molecule has 0 aromatic carbocycles. The number of methoxy groups -OCH3 is 1. The lowest BCUT2D eigenvalue weighted by atomic mass is 10.1. The zero-order valence-corrected chi connectivity index (χ0v) is 11.7. The molecule has 0 radical (unpaired) electrons. The van der Waals surface area contributed by atoms with Crippen molar-refractivity contribution in [3.63, 3.8) is 0 Å². The van der Waals surface area contributed by atoms with E-state index in [1.165, 1.54) is 10.6 Å². The minimum Gasteiger partial charge on any atom is -0.383 e. The molecule has 1 aromatic heterocycles. The van der Waals surface area contributed by atoms with Crippen LogP contribution in [-0.4, -0.2) is 30.2 Å². The Bertz CT molecular complexity index is 527. The van der Waals surface area contributed by atoms with Gasteiger partial charge in [-0.3, -0.25) is 9.59 Å². The van der Waals surface area contributed by atoms with Gasteiger partial charge in [-0.25, -0.2) is 0 Å². The minimum absolute atomic E-state index is 0.0186. The number of aromatic nitrogens is 1. The number of carbonyl (C=O) groups is 1. The lowest BCUT2D eigenvalue weighted by Crippen LogP contribution is -2.25. The first-order chi connectivity index (χ1) is 9.60. The maximum Gasteiger partial charge on any atom is 0.250 e. The van der Waals surface area contributed by atoms with Gasteiger partial charge in [0.1, 0.15) is 0 Å². The summed E-state index contributed by atoms with van der Waals surface area (Å²) in [6.07, 6.45) is 4.10. The molecule has 1 saturated carbocycles. The quantitative estimate of drug-likeness (QED) is 0.824. The molecule has 20 heavy (non-hydrogen) atoms. The fraction of sp³-hybridized carbons (Fsp3) is 0.571. The average Bonchev–Trinajstić information content (AvgIpc) is 2.86. The van der Waals surface area contributed by atoms with Gasteiger partial charge >= 0.3 is 0 Å². The normalized spacial score (nSPS) is 21.9. The van der Waals surface area contributed by atoms with Gasteiger partial charge in [0.15, 0.2) is 0 Å². The molecule has 110 valence electrons. The fourth-order valence-electron chi connectivity index (χ4n) is 2.47. The van der Waals surface area contributed by atoms with Crippen LogP contribution in [0.3, 0.4) is 0 Å². The molecule has 2 atom stereocenters. The molecular formula is C14H21N3O3. The minimum atomic E-state index is -0.108. The van der Waals surface area contributed by atoms with E-state index in [9.17, 15) is 9.59 Å². The third-order valence-corrected chi connectivity index (χ3v) is 3.63. The fourth-order valence-corrected chi connectivity index (χ4v) is 2.47. The maximum atomic E-state index is 12.1. The Kier molecular flexibility index (Phi) is 4.92. The van der Waals surface area contributed by atoms with Crippen LogP contribution in [0.15, 0.2) is 23.1 Å². The Morgan fingerprint density at radius 3 is 2.95 bits per heavy atom. The Balaban J connectivity index is 2.02. The van der Waals surface area contributed by atoms with Crippen molar-refractivity contribution in [2.75, 3.05) is 19.0 Å². The van der Waals surface area contributed by atoms with Crippen molar-refractivity contribution in [3.8, 4) is 0 Å². The van der Waals surface area contributed by atoms with Crippen LogP contribution in [0.25, 0.3) is 0 Å². The summed E-state index contributed by atoms with van der Waals surface area (Å²) in [5.41, 5.74) is 6.34. The highest BCUT2D eigenvalue weighted by Crippen LogP contribution is 2.25. The molecule has 1 fully saturated rings. The van der Waals surface area contributed by atoms with Crippen molar-refractivity contribution < 1.29 is 9.53 Å². The van der Waals surface area contributed by atoms with Crippen molar-refractivity contribution in [1.29, 1.82) is 0 Å². The van der Waals surface area contributed by atoms with Gasteiger partial charge in [0.2, 0.25) is 5.91 Å². The average molecular weight is 279 g/mol. The Labute approximate surface area is 117 Å². The van der Waals surface area contributed by atoms with Crippen LogP contribution >= 0.6 is 0 Å². The maximum absolute atomic E-state index is 12.1. The smallest absolute Gasteiger partial charge is 0.250 e. The van der Waals surface area contributed by atoms with E-state index in [1.54, 1.807) is 19.4 Å². The van der Waals surface area contributed by atoms with Crippen molar-refractivity contribution in [3.05, 3.63) is 28.7 Å². The van der Waals surface area contributed by atoms with Crippen LogP contribution in [-0.2, 0) is 16.1 Å². The van der Waals surface area contributed by atoms with Crippen LogP contribution in [0.1, 0.15) is 19.3 Å². The van der Waals surface area contributed by atoms with Crippen LogP contribution < -0.4 is 16.6 Å². The van der Waals surface area contributed by atoms with E-state index in [1.807, 2.05) is 0 Å². The summed E-state index contributed by atoms with van der Waals surface area (Å²) in [4.78, 5) is 23.7. The molecule has 0 spiro atoms. The second kappa shape index (κ2) is 6.67. The number of amides is 1. The number of pyridine rings is 1. The highest BCUT2D eigenvalue weighted by Gasteiger charge is 2.27. The van der Waals surface area contributed by atoms with E-state index >= 15 is 0 Å². The van der Waals surface area contributed by atoms with Gasteiger partial charge in [0.05, 0.1) is 12.3 Å². The molecule has 1 aliphatic carbocycles. The van der Waals surface area contributed by atoms with E-state index in [0.29, 0.717) is 18.8 Å². The third-order valence-electron chi connectivity index (χ3n) is 3.63. The lowest BCUT2D eigenvalue weighted by Gasteiger charge is -2.12.